The second-order valence-corrected chi connectivity index (χ2v) is 2.63. The van der Waals surface area contributed by atoms with Crippen molar-refractivity contribution in [1.82, 2.24) is 0 Å². The van der Waals surface area contributed by atoms with Gasteiger partial charge in [-0.25, -0.2) is 0 Å². The standard InChI is InChI=1S/C8H11.K/c1-3-5-7-8-6-4-2;/h5,7H,3,6,8H2,1H3;/b7-5-;. The second-order valence-electron chi connectivity index (χ2n) is 1.85. The first-order valence-electron chi connectivity index (χ1n) is 3.46. The number of hydrogen-bond acceptors (Lipinski definition) is 0. The third-order valence-electron chi connectivity index (χ3n) is 1.02. The topological polar surface area (TPSA) is 0 Å². The summed E-state index contributed by atoms with van der Waals surface area (Å²) >= 11 is 0.724. The van der Waals surface area contributed by atoms with Gasteiger partial charge in [-0.3, -0.25) is 0 Å². The van der Waals surface area contributed by atoms with E-state index >= 15 is 0 Å². The van der Waals surface area contributed by atoms with Crippen LogP contribution >= 0.6 is 0 Å². The van der Waals surface area contributed by atoms with Crippen molar-refractivity contribution in [3.05, 3.63) is 12.2 Å². The average Bonchev–Trinajstić information content (AvgIpc) is 1.89. The third kappa shape index (κ3) is 8.94. The molecule has 0 saturated heterocycles. The zero-order chi connectivity index (χ0) is 6.95. The van der Waals surface area contributed by atoms with Gasteiger partial charge in [-0.1, -0.05) is 0 Å². The summed E-state index contributed by atoms with van der Waals surface area (Å²) in [5, 5.41) is 0. The Morgan fingerprint density at radius 1 is 1.44 bits per heavy atom. The summed E-state index contributed by atoms with van der Waals surface area (Å²) in [4.78, 5) is 0. The van der Waals surface area contributed by atoms with E-state index in [0.717, 1.165) is 68.2 Å². The zero-order valence-corrected chi connectivity index (χ0v) is 9.40. The summed E-state index contributed by atoms with van der Waals surface area (Å²) in [6.45, 7) is 2.15. The molecule has 0 N–H and O–H groups in total. The molecule has 0 spiro atoms. The van der Waals surface area contributed by atoms with Crippen LogP contribution in [0.2, 0.25) is 0 Å². The van der Waals surface area contributed by atoms with Crippen molar-refractivity contribution in [3.63, 3.8) is 0 Å². The Bertz CT molecular complexity index is 125. The van der Waals surface area contributed by atoms with Crippen LogP contribution in [-0.2, 0) is 0 Å². The number of hydrogen-bond donors (Lipinski definition) is 0. The molecule has 0 radical (unpaired) electrons. The van der Waals surface area contributed by atoms with Crippen molar-refractivity contribution in [2.24, 2.45) is 0 Å². The Balaban J connectivity index is 3.06. The van der Waals surface area contributed by atoms with Gasteiger partial charge in [0.05, 0.1) is 0 Å². The van der Waals surface area contributed by atoms with Gasteiger partial charge in [-0.05, 0) is 0 Å². The van der Waals surface area contributed by atoms with Gasteiger partial charge in [-0.2, -0.15) is 0 Å². The first kappa shape index (κ1) is 9.94. The molecule has 0 amide bonds. The fraction of sp³-hybridized carbons (Fsp3) is 0.500. The second kappa shape index (κ2) is 8.94. The van der Waals surface area contributed by atoms with Crippen LogP contribution in [0.5, 0.6) is 0 Å². The van der Waals surface area contributed by atoms with E-state index in [1.165, 1.54) is 0 Å². The maximum atomic E-state index is 3.09. The van der Waals surface area contributed by atoms with E-state index in [1.807, 2.05) is 0 Å². The molecule has 0 aliphatic rings. The number of unbranched alkanes of at least 4 members (excludes halogenated alkanes) is 1. The average molecular weight is 146 g/mol. The molecule has 0 heterocycles. The number of allylic oxidation sites excluding steroid dienone is 2. The van der Waals surface area contributed by atoms with Gasteiger partial charge in [0.2, 0.25) is 0 Å². The van der Waals surface area contributed by atoms with E-state index in [4.69, 9.17) is 0 Å². The first-order valence-corrected chi connectivity index (χ1v) is 5.02. The van der Waals surface area contributed by atoms with Crippen LogP contribution in [0.15, 0.2) is 12.2 Å². The van der Waals surface area contributed by atoms with Gasteiger partial charge in [0.1, 0.15) is 0 Å². The van der Waals surface area contributed by atoms with E-state index in [0.29, 0.717) is 0 Å². The molecule has 0 nitrogen and oxygen atoms in total. The molecule has 44 valence electrons. The van der Waals surface area contributed by atoms with Crippen LogP contribution in [0.25, 0.3) is 0 Å². The van der Waals surface area contributed by atoms with Gasteiger partial charge >= 0.3 is 93.2 Å². The summed E-state index contributed by atoms with van der Waals surface area (Å²) in [6.07, 6.45) is 7.74. The third-order valence-corrected chi connectivity index (χ3v) is 1.57. The predicted octanol–water partition coefficient (Wildman–Crippen LogP) is 1.86. The Labute approximate surface area is 91.7 Å². The van der Waals surface area contributed by atoms with Gasteiger partial charge in [0.25, 0.3) is 0 Å². The van der Waals surface area contributed by atoms with Crippen LogP contribution in [0.3, 0.4) is 0 Å². The minimum atomic E-state index is 0.724. The molecule has 0 aromatic carbocycles. The summed E-state index contributed by atoms with van der Waals surface area (Å²) < 4.78 is 3.05. The molecule has 0 aromatic rings. The minimum absolute atomic E-state index is 0.724. The molecule has 0 bridgehead atoms. The molecule has 9 heavy (non-hydrogen) atoms. The van der Waals surface area contributed by atoms with Crippen LogP contribution < -0.4 is 0 Å². The fourth-order valence-corrected chi connectivity index (χ4v) is 0.955. The van der Waals surface area contributed by atoms with E-state index in [9.17, 15) is 0 Å². The summed E-state index contributed by atoms with van der Waals surface area (Å²) in [5.41, 5.74) is 0. The van der Waals surface area contributed by atoms with Gasteiger partial charge < -0.3 is 0 Å². The molecule has 0 saturated carbocycles. The number of rotatable bonds is 3. The molecular formula is C8H11K. The Morgan fingerprint density at radius 3 is 2.78 bits per heavy atom. The maximum absolute atomic E-state index is 3.09. The van der Waals surface area contributed by atoms with Crippen molar-refractivity contribution in [2.45, 2.75) is 26.2 Å². The molecule has 0 rings (SSSR count). The molecule has 0 aromatic heterocycles. The van der Waals surface area contributed by atoms with Crippen molar-refractivity contribution >= 4 is 49.0 Å². The van der Waals surface area contributed by atoms with E-state index in [2.05, 4.69) is 25.0 Å². The van der Waals surface area contributed by atoms with E-state index < -0.39 is 0 Å². The monoisotopic (exact) mass is 146 g/mol. The van der Waals surface area contributed by atoms with Gasteiger partial charge in [0.15, 0.2) is 0 Å². The van der Waals surface area contributed by atoms with Crippen molar-refractivity contribution in [2.75, 3.05) is 0 Å². The van der Waals surface area contributed by atoms with Gasteiger partial charge in [-0.15, -0.1) is 0 Å². The van der Waals surface area contributed by atoms with E-state index in [1.54, 1.807) is 0 Å². The summed E-state index contributed by atoms with van der Waals surface area (Å²) in [6, 6.07) is 0. The SMILES string of the molecule is CC/C=C\CCC#[C][K]. The van der Waals surface area contributed by atoms with Crippen LogP contribution in [0.1, 0.15) is 26.2 Å². The summed E-state index contributed by atoms with van der Waals surface area (Å²) in [7, 11) is 0. The van der Waals surface area contributed by atoms with E-state index in [-0.39, 0.29) is 0 Å². The quantitative estimate of drug-likeness (QED) is 0.247. The first-order chi connectivity index (χ1) is 4.41. The fourth-order valence-electron chi connectivity index (χ4n) is 0.565. The van der Waals surface area contributed by atoms with Crippen molar-refractivity contribution in [1.29, 1.82) is 0 Å². The Morgan fingerprint density at radius 2 is 2.22 bits per heavy atom. The molecule has 0 aliphatic heterocycles. The molecular weight excluding hydrogens is 135 g/mol. The predicted molar refractivity (Wildman–Crippen MR) is 42.2 cm³/mol. The normalized spacial score (nSPS) is 9.22. The van der Waals surface area contributed by atoms with Gasteiger partial charge in [0, 0.05) is 0 Å². The Hall–Kier alpha value is 0.936. The summed E-state index contributed by atoms with van der Waals surface area (Å²) in [5.74, 6) is 3.09. The van der Waals surface area contributed by atoms with Crippen LogP contribution in [0, 0.1) is 5.94 Å². The molecule has 0 aliphatic carbocycles. The van der Waals surface area contributed by atoms with Crippen molar-refractivity contribution in [3.8, 4) is 5.94 Å². The molecule has 0 fully saturated rings. The van der Waals surface area contributed by atoms with Crippen LogP contribution in [-0.4, -0.2) is 49.0 Å². The molecule has 1 heteroatoms. The molecule has 0 atom stereocenters. The molecule has 0 unspecified atom stereocenters. The zero-order valence-electron chi connectivity index (χ0n) is 6.28. The Kier molecular flexibility index (Phi) is 9.87. The van der Waals surface area contributed by atoms with Crippen molar-refractivity contribution < 1.29 is 0 Å². The van der Waals surface area contributed by atoms with Crippen LogP contribution in [0.4, 0.5) is 0 Å².